The minimum Gasteiger partial charge on any atom is -0.508 e. The molecular formula is C18H18O3S2. The summed E-state index contributed by atoms with van der Waals surface area (Å²) in [7, 11) is -3.20. The van der Waals surface area contributed by atoms with E-state index in [0.717, 1.165) is 26.9 Å². The number of hydrogen-bond acceptors (Lipinski definition) is 4. The summed E-state index contributed by atoms with van der Waals surface area (Å²) < 4.78 is 25.6. The van der Waals surface area contributed by atoms with E-state index in [9.17, 15) is 13.5 Å². The van der Waals surface area contributed by atoms with Crippen molar-refractivity contribution in [1.82, 2.24) is 0 Å². The molecule has 0 aliphatic rings. The predicted molar refractivity (Wildman–Crippen MR) is 95.9 cm³/mol. The molecule has 23 heavy (non-hydrogen) atoms. The van der Waals surface area contributed by atoms with Crippen LogP contribution in [-0.2, 0) is 9.84 Å². The van der Waals surface area contributed by atoms with Gasteiger partial charge in [-0.2, -0.15) is 0 Å². The third-order valence-electron chi connectivity index (χ3n) is 3.77. The number of rotatable bonds is 5. The van der Waals surface area contributed by atoms with Gasteiger partial charge in [0.15, 0.2) is 9.84 Å². The van der Waals surface area contributed by atoms with Crippen molar-refractivity contribution in [3.05, 3.63) is 48.5 Å². The van der Waals surface area contributed by atoms with Crippen LogP contribution in [0.25, 0.3) is 20.5 Å². The Hall–Kier alpha value is -1.85. The molecule has 0 saturated heterocycles. The molecule has 120 valence electrons. The van der Waals surface area contributed by atoms with E-state index < -0.39 is 9.84 Å². The molecule has 0 aliphatic carbocycles. The summed E-state index contributed by atoms with van der Waals surface area (Å²) in [5.41, 5.74) is 1.01. The van der Waals surface area contributed by atoms with Crippen LogP contribution in [0.4, 0.5) is 0 Å². The Morgan fingerprint density at radius 1 is 1.04 bits per heavy atom. The summed E-state index contributed by atoms with van der Waals surface area (Å²) in [6.07, 6.45) is 1.55. The molecule has 0 saturated carbocycles. The molecule has 0 radical (unpaired) electrons. The number of phenols is 1. The summed E-state index contributed by atoms with van der Waals surface area (Å²) in [5, 5.41) is 10.4. The highest BCUT2D eigenvalue weighted by Crippen LogP contribution is 2.35. The minimum atomic E-state index is -3.20. The average molecular weight is 346 g/mol. The van der Waals surface area contributed by atoms with E-state index in [0.29, 0.717) is 11.3 Å². The van der Waals surface area contributed by atoms with Crippen molar-refractivity contribution < 1.29 is 13.5 Å². The zero-order valence-electron chi connectivity index (χ0n) is 12.8. The number of hydrogen-bond donors (Lipinski definition) is 1. The minimum absolute atomic E-state index is 0.200. The molecule has 5 heteroatoms. The number of fused-ring (bicyclic) bond motifs is 1. The fourth-order valence-corrected chi connectivity index (χ4v) is 5.08. The Balaban J connectivity index is 1.99. The predicted octanol–water partition coefficient (Wildman–Crippen LogP) is 4.85. The lowest BCUT2D eigenvalue weighted by atomic mass is 10.1. The van der Waals surface area contributed by atoms with Gasteiger partial charge < -0.3 is 5.11 Å². The van der Waals surface area contributed by atoms with Gasteiger partial charge in [0.1, 0.15) is 5.75 Å². The van der Waals surface area contributed by atoms with Crippen LogP contribution >= 0.6 is 11.3 Å². The Morgan fingerprint density at radius 2 is 1.78 bits per heavy atom. The SMILES string of the molecule is CCCCS(=O)(=O)c1ccc2cc(-c3ccc(O)cc3)sc2c1. The van der Waals surface area contributed by atoms with E-state index in [-0.39, 0.29) is 11.5 Å². The highest BCUT2D eigenvalue weighted by molar-refractivity contribution is 7.91. The molecule has 3 nitrogen and oxygen atoms in total. The summed E-state index contributed by atoms with van der Waals surface area (Å²) in [4.78, 5) is 1.46. The standard InChI is InChI=1S/C18H18O3S2/c1-2-3-10-23(20,21)16-9-6-14-11-17(22-18(14)12-16)13-4-7-15(19)8-5-13/h4-9,11-12,19H,2-3,10H2,1H3. The number of unbranched alkanes of at least 4 members (excludes halogenated alkanes) is 1. The van der Waals surface area contributed by atoms with Gasteiger partial charge in [-0.1, -0.05) is 19.4 Å². The summed E-state index contributed by atoms with van der Waals surface area (Å²) in [6.45, 7) is 1.99. The molecule has 1 aromatic heterocycles. The average Bonchev–Trinajstić information content (AvgIpc) is 2.96. The number of thiophene rings is 1. The van der Waals surface area contributed by atoms with Gasteiger partial charge in [0.2, 0.25) is 0 Å². The maximum Gasteiger partial charge on any atom is 0.178 e. The summed E-state index contributed by atoms with van der Waals surface area (Å²) in [5.74, 6) is 0.435. The lowest BCUT2D eigenvalue weighted by Gasteiger charge is -2.03. The molecule has 0 atom stereocenters. The smallest absolute Gasteiger partial charge is 0.178 e. The van der Waals surface area contributed by atoms with Crippen molar-refractivity contribution in [3.63, 3.8) is 0 Å². The van der Waals surface area contributed by atoms with E-state index in [2.05, 4.69) is 6.07 Å². The quantitative estimate of drug-likeness (QED) is 0.718. The van der Waals surface area contributed by atoms with Crippen molar-refractivity contribution >= 4 is 31.3 Å². The number of phenolic OH excluding ortho intramolecular Hbond substituents is 1. The van der Waals surface area contributed by atoms with Crippen molar-refractivity contribution in [2.45, 2.75) is 24.7 Å². The molecule has 3 rings (SSSR count). The molecular weight excluding hydrogens is 328 g/mol. The first kappa shape index (κ1) is 16.0. The first-order chi connectivity index (χ1) is 11.0. The third-order valence-corrected chi connectivity index (χ3v) is 6.71. The van der Waals surface area contributed by atoms with Gasteiger partial charge in [-0.05, 0) is 59.8 Å². The van der Waals surface area contributed by atoms with Crippen LogP contribution in [0, 0.1) is 0 Å². The second-order valence-electron chi connectivity index (χ2n) is 5.53. The molecule has 1 heterocycles. The maximum absolute atomic E-state index is 12.3. The zero-order valence-corrected chi connectivity index (χ0v) is 14.5. The molecule has 2 aromatic carbocycles. The van der Waals surface area contributed by atoms with Crippen LogP contribution in [-0.4, -0.2) is 19.3 Å². The lowest BCUT2D eigenvalue weighted by Crippen LogP contribution is -2.06. The first-order valence-electron chi connectivity index (χ1n) is 7.55. The fraction of sp³-hybridized carbons (Fsp3) is 0.222. The van der Waals surface area contributed by atoms with E-state index in [1.807, 2.05) is 25.1 Å². The van der Waals surface area contributed by atoms with Crippen LogP contribution in [0.15, 0.2) is 53.4 Å². The van der Waals surface area contributed by atoms with Crippen LogP contribution < -0.4 is 0 Å². The number of sulfone groups is 1. The second-order valence-corrected chi connectivity index (χ2v) is 8.72. The fourth-order valence-electron chi connectivity index (χ4n) is 2.43. The molecule has 3 aromatic rings. The van der Waals surface area contributed by atoms with Gasteiger partial charge in [0.25, 0.3) is 0 Å². The van der Waals surface area contributed by atoms with Crippen molar-refractivity contribution in [3.8, 4) is 16.2 Å². The van der Waals surface area contributed by atoms with Gasteiger partial charge in [-0.15, -0.1) is 11.3 Å². The molecule has 0 bridgehead atoms. The lowest BCUT2D eigenvalue weighted by molar-refractivity contribution is 0.475. The normalized spacial score (nSPS) is 11.9. The zero-order chi connectivity index (χ0) is 16.4. The summed E-state index contributed by atoms with van der Waals surface area (Å²) >= 11 is 1.56. The largest absolute Gasteiger partial charge is 0.508 e. The van der Waals surface area contributed by atoms with E-state index in [1.54, 1.807) is 35.6 Å². The Kier molecular flexibility index (Phi) is 4.41. The van der Waals surface area contributed by atoms with Crippen LogP contribution in [0.1, 0.15) is 19.8 Å². The molecule has 1 N–H and O–H groups in total. The highest BCUT2D eigenvalue weighted by Gasteiger charge is 2.15. The first-order valence-corrected chi connectivity index (χ1v) is 10.0. The maximum atomic E-state index is 12.3. The molecule has 0 spiro atoms. The topological polar surface area (TPSA) is 54.4 Å². The number of aromatic hydroxyl groups is 1. The van der Waals surface area contributed by atoms with Crippen molar-refractivity contribution in [2.75, 3.05) is 5.75 Å². The van der Waals surface area contributed by atoms with E-state index in [4.69, 9.17) is 0 Å². The van der Waals surface area contributed by atoms with Crippen LogP contribution in [0.5, 0.6) is 5.75 Å². The highest BCUT2D eigenvalue weighted by atomic mass is 32.2. The summed E-state index contributed by atoms with van der Waals surface area (Å²) in [6, 6.07) is 14.4. The molecule has 0 aliphatic heterocycles. The molecule has 0 unspecified atom stereocenters. The molecule has 0 amide bonds. The molecule has 0 fully saturated rings. The van der Waals surface area contributed by atoms with Gasteiger partial charge in [0.05, 0.1) is 10.6 Å². The third kappa shape index (κ3) is 3.41. The van der Waals surface area contributed by atoms with E-state index >= 15 is 0 Å². The van der Waals surface area contributed by atoms with Gasteiger partial charge in [0, 0.05) is 9.58 Å². The Bertz CT molecular complexity index is 923. The van der Waals surface area contributed by atoms with Crippen LogP contribution in [0.3, 0.4) is 0 Å². The van der Waals surface area contributed by atoms with Gasteiger partial charge in [-0.25, -0.2) is 8.42 Å². The van der Waals surface area contributed by atoms with E-state index in [1.165, 1.54) is 0 Å². The van der Waals surface area contributed by atoms with Gasteiger partial charge >= 0.3 is 0 Å². The van der Waals surface area contributed by atoms with Gasteiger partial charge in [-0.3, -0.25) is 0 Å². The van der Waals surface area contributed by atoms with Crippen molar-refractivity contribution in [2.24, 2.45) is 0 Å². The monoisotopic (exact) mass is 346 g/mol. The Labute approximate surface area is 140 Å². The van der Waals surface area contributed by atoms with Crippen LogP contribution in [0.2, 0.25) is 0 Å². The van der Waals surface area contributed by atoms with Crippen molar-refractivity contribution in [1.29, 1.82) is 0 Å². The number of benzene rings is 2. The Morgan fingerprint density at radius 3 is 2.48 bits per heavy atom. The second kappa shape index (κ2) is 6.34.